The molecule has 3 atom stereocenters. The van der Waals surface area contributed by atoms with Crippen LogP contribution in [0.2, 0.25) is 0 Å². The van der Waals surface area contributed by atoms with Crippen molar-refractivity contribution in [1.29, 1.82) is 0 Å². The molecule has 0 aromatic carbocycles. The van der Waals surface area contributed by atoms with Gasteiger partial charge in [0.05, 0.1) is 6.04 Å². The number of aromatic nitrogens is 1. The first-order chi connectivity index (χ1) is 13.9. The third-order valence-electron chi connectivity index (χ3n) is 4.32. The summed E-state index contributed by atoms with van der Waals surface area (Å²) in [6.45, 7) is 0.467. The maximum atomic E-state index is 12.7. The van der Waals surface area contributed by atoms with Gasteiger partial charge in [0.2, 0.25) is 11.8 Å². The summed E-state index contributed by atoms with van der Waals surface area (Å²) < 4.78 is 0. The number of thioether (sulfide) groups is 1. The van der Waals surface area contributed by atoms with Crippen LogP contribution in [0.5, 0.6) is 0 Å². The summed E-state index contributed by atoms with van der Waals surface area (Å²) in [6.07, 6.45) is 7.36. The fourth-order valence-corrected chi connectivity index (χ4v) is 3.14. The van der Waals surface area contributed by atoms with Crippen LogP contribution in [0.15, 0.2) is 24.5 Å². The molecule has 1 aromatic rings. The molecule has 1 heterocycles. The number of carboxylic acids is 1. The Kier molecular flexibility index (Phi) is 11.9. The molecule has 0 bridgehead atoms. The molecule has 0 saturated heterocycles. The Morgan fingerprint density at radius 2 is 1.90 bits per heavy atom. The predicted molar refractivity (Wildman–Crippen MR) is 113 cm³/mol. The summed E-state index contributed by atoms with van der Waals surface area (Å²) in [5.74, 6) is -1.51. The monoisotopic (exact) mass is 425 g/mol. The highest BCUT2D eigenvalue weighted by Crippen LogP contribution is 2.06. The Bertz CT molecular complexity index is 647. The number of amides is 2. The van der Waals surface area contributed by atoms with E-state index in [-0.39, 0.29) is 6.42 Å². The van der Waals surface area contributed by atoms with Gasteiger partial charge in [-0.2, -0.15) is 11.8 Å². The van der Waals surface area contributed by atoms with E-state index < -0.39 is 35.9 Å². The molecule has 29 heavy (non-hydrogen) atoms. The topological polar surface area (TPSA) is 160 Å². The van der Waals surface area contributed by atoms with Gasteiger partial charge in [-0.25, -0.2) is 4.79 Å². The SMILES string of the molecule is CSCC[C@H](NC(=O)[C@H](CCCCN)NC(=O)[C@@H](N)Cc1cccnc1)C(=O)O. The van der Waals surface area contributed by atoms with Gasteiger partial charge in [0.1, 0.15) is 12.1 Å². The maximum absolute atomic E-state index is 12.7. The zero-order valence-electron chi connectivity index (χ0n) is 16.7. The van der Waals surface area contributed by atoms with Crippen LogP contribution in [-0.4, -0.2) is 64.6 Å². The quantitative estimate of drug-likeness (QED) is 0.258. The molecule has 0 unspecified atom stereocenters. The van der Waals surface area contributed by atoms with Crippen molar-refractivity contribution in [1.82, 2.24) is 15.6 Å². The zero-order chi connectivity index (χ0) is 21.6. The van der Waals surface area contributed by atoms with Gasteiger partial charge in [-0.15, -0.1) is 0 Å². The van der Waals surface area contributed by atoms with Crippen molar-refractivity contribution in [3.8, 4) is 0 Å². The van der Waals surface area contributed by atoms with Crippen LogP contribution in [0.4, 0.5) is 0 Å². The molecule has 10 heteroatoms. The Morgan fingerprint density at radius 3 is 2.48 bits per heavy atom. The highest BCUT2D eigenvalue weighted by Gasteiger charge is 2.27. The van der Waals surface area contributed by atoms with Crippen LogP contribution in [0.3, 0.4) is 0 Å². The first kappa shape index (κ1) is 24.9. The Hall–Kier alpha value is -2.17. The van der Waals surface area contributed by atoms with Crippen molar-refractivity contribution in [2.24, 2.45) is 11.5 Å². The van der Waals surface area contributed by atoms with Crippen LogP contribution in [0.1, 0.15) is 31.2 Å². The number of pyridine rings is 1. The highest BCUT2D eigenvalue weighted by atomic mass is 32.2. The van der Waals surface area contributed by atoms with Crippen molar-refractivity contribution in [3.05, 3.63) is 30.1 Å². The first-order valence-electron chi connectivity index (χ1n) is 9.56. The number of carbonyl (C=O) groups excluding carboxylic acids is 2. The van der Waals surface area contributed by atoms with E-state index in [0.29, 0.717) is 38.0 Å². The zero-order valence-corrected chi connectivity index (χ0v) is 17.5. The van der Waals surface area contributed by atoms with Gasteiger partial charge in [-0.3, -0.25) is 14.6 Å². The van der Waals surface area contributed by atoms with Gasteiger partial charge in [0, 0.05) is 12.4 Å². The van der Waals surface area contributed by atoms with Crippen molar-refractivity contribution in [2.45, 2.75) is 50.2 Å². The second kappa shape index (κ2) is 13.9. The minimum absolute atomic E-state index is 0.280. The molecule has 0 aliphatic heterocycles. The molecule has 1 rings (SSSR count). The molecule has 2 amide bonds. The Morgan fingerprint density at radius 1 is 1.17 bits per heavy atom. The molecule has 0 aliphatic carbocycles. The van der Waals surface area contributed by atoms with E-state index in [4.69, 9.17) is 11.5 Å². The Labute approximate surface area is 175 Å². The van der Waals surface area contributed by atoms with E-state index in [0.717, 1.165) is 5.56 Å². The number of aliphatic carboxylic acids is 1. The molecule has 0 saturated carbocycles. The summed E-state index contributed by atoms with van der Waals surface area (Å²) >= 11 is 1.50. The van der Waals surface area contributed by atoms with Gasteiger partial charge in [0.15, 0.2) is 0 Å². The molecule has 0 spiro atoms. The van der Waals surface area contributed by atoms with Crippen molar-refractivity contribution in [3.63, 3.8) is 0 Å². The number of carbonyl (C=O) groups is 3. The van der Waals surface area contributed by atoms with Crippen molar-refractivity contribution in [2.75, 3.05) is 18.6 Å². The lowest BCUT2D eigenvalue weighted by molar-refractivity contribution is -0.142. The number of unbranched alkanes of at least 4 members (excludes halogenated alkanes) is 1. The third-order valence-corrected chi connectivity index (χ3v) is 4.96. The minimum atomic E-state index is -1.10. The van der Waals surface area contributed by atoms with Crippen LogP contribution in [0, 0.1) is 0 Å². The van der Waals surface area contributed by atoms with E-state index >= 15 is 0 Å². The number of nitrogens with two attached hydrogens (primary N) is 2. The van der Waals surface area contributed by atoms with E-state index in [1.165, 1.54) is 11.8 Å². The summed E-state index contributed by atoms with van der Waals surface area (Å²) in [5, 5.41) is 14.5. The average Bonchev–Trinajstić information content (AvgIpc) is 2.70. The van der Waals surface area contributed by atoms with Crippen LogP contribution in [-0.2, 0) is 20.8 Å². The second-order valence-electron chi connectivity index (χ2n) is 6.70. The minimum Gasteiger partial charge on any atom is -0.480 e. The van der Waals surface area contributed by atoms with E-state index in [1.54, 1.807) is 18.5 Å². The number of hydrogen-bond acceptors (Lipinski definition) is 7. The largest absolute Gasteiger partial charge is 0.480 e. The summed E-state index contributed by atoms with van der Waals surface area (Å²) in [5.41, 5.74) is 12.3. The highest BCUT2D eigenvalue weighted by molar-refractivity contribution is 7.98. The molecule has 7 N–H and O–H groups in total. The van der Waals surface area contributed by atoms with Crippen molar-refractivity contribution >= 4 is 29.5 Å². The number of hydrogen-bond donors (Lipinski definition) is 5. The van der Waals surface area contributed by atoms with E-state index in [1.807, 2.05) is 12.3 Å². The first-order valence-corrected chi connectivity index (χ1v) is 11.0. The average molecular weight is 426 g/mol. The van der Waals surface area contributed by atoms with Crippen molar-refractivity contribution < 1.29 is 19.5 Å². The smallest absolute Gasteiger partial charge is 0.326 e. The third kappa shape index (κ3) is 9.73. The van der Waals surface area contributed by atoms with Crippen LogP contribution >= 0.6 is 11.8 Å². The standard InChI is InChI=1S/C19H31N5O4S/c1-29-10-7-16(19(27)28)24-18(26)15(6-2-3-8-20)23-17(25)14(21)11-13-5-4-9-22-12-13/h4-5,9,12,14-16H,2-3,6-8,10-11,20-21H2,1H3,(H,23,25)(H,24,26)(H,27,28)/t14-,15-,16-/m0/s1. The molecule has 0 fully saturated rings. The van der Waals surface area contributed by atoms with Gasteiger partial charge in [-0.05, 0) is 62.3 Å². The van der Waals surface area contributed by atoms with E-state index in [2.05, 4.69) is 15.6 Å². The number of nitrogens with one attached hydrogen (secondary N) is 2. The van der Waals surface area contributed by atoms with Crippen LogP contribution < -0.4 is 22.1 Å². The van der Waals surface area contributed by atoms with Gasteiger partial charge < -0.3 is 27.2 Å². The fraction of sp³-hybridized carbons (Fsp3) is 0.579. The molecule has 9 nitrogen and oxygen atoms in total. The van der Waals surface area contributed by atoms with E-state index in [9.17, 15) is 19.5 Å². The predicted octanol–water partition coefficient (Wildman–Crippen LogP) is -0.112. The molecule has 162 valence electrons. The lowest BCUT2D eigenvalue weighted by Crippen LogP contribution is -2.54. The van der Waals surface area contributed by atoms with Gasteiger partial charge in [0.25, 0.3) is 0 Å². The normalized spacial score (nSPS) is 13.9. The molecular weight excluding hydrogens is 394 g/mol. The summed E-state index contributed by atoms with van der Waals surface area (Å²) in [4.78, 5) is 40.6. The number of rotatable bonds is 14. The fourth-order valence-electron chi connectivity index (χ4n) is 2.67. The number of nitrogens with zero attached hydrogens (tertiary/aromatic N) is 1. The van der Waals surface area contributed by atoms with Gasteiger partial charge in [-0.1, -0.05) is 6.07 Å². The second-order valence-corrected chi connectivity index (χ2v) is 7.68. The summed E-state index contributed by atoms with van der Waals surface area (Å²) in [6, 6.07) is 0.840. The summed E-state index contributed by atoms with van der Waals surface area (Å²) in [7, 11) is 0. The molecule has 0 radical (unpaired) electrons. The molecule has 0 aliphatic rings. The van der Waals surface area contributed by atoms with Gasteiger partial charge >= 0.3 is 5.97 Å². The Balaban J connectivity index is 2.74. The molecular formula is C19H31N5O4S. The lowest BCUT2D eigenvalue weighted by atomic mass is 10.0. The van der Waals surface area contributed by atoms with Crippen LogP contribution in [0.25, 0.3) is 0 Å². The molecule has 1 aromatic heterocycles. The number of carboxylic acid groups (broad SMARTS) is 1. The lowest BCUT2D eigenvalue weighted by Gasteiger charge is -2.23. The maximum Gasteiger partial charge on any atom is 0.326 e.